The smallest absolute Gasteiger partial charge is 0.297 e. The predicted molar refractivity (Wildman–Crippen MR) is 133 cm³/mol. The summed E-state index contributed by atoms with van der Waals surface area (Å²) in [6.45, 7) is 10.3. The molecule has 7 heteroatoms. The van der Waals surface area contributed by atoms with E-state index in [0.717, 1.165) is 16.1 Å². The van der Waals surface area contributed by atoms with Gasteiger partial charge in [0.05, 0.1) is 22.7 Å². The molecular weight excluding hydrogens is 456 g/mol. The van der Waals surface area contributed by atoms with E-state index in [1.165, 1.54) is 16.9 Å². The third-order valence-corrected chi connectivity index (χ3v) is 7.46. The van der Waals surface area contributed by atoms with Crippen LogP contribution in [0.15, 0.2) is 51.7 Å². The highest BCUT2D eigenvalue weighted by Crippen LogP contribution is 2.43. The third-order valence-electron chi connectivity index (χ3n) is 6.15. The van der Waals surface area contributed by atoms with Crippen LogP contribution in [0.25, 0.3) is 11.0 Å². The Bertz CT molecular complexity index is 1460. The monoisotopic (exact) mass is 478 g/mol. The number of hydrogen-bond donors (Lipinski definition) is 0. The number of carbonyl (C=O) groups excluding carboxylic acids is 1. The van der Waals surface area contributed by atoms with E-state index in [2.05, 4.69) is 25.8 Å². The zero-order valence-electron chi connectivity index (χ0n) is 19.0. The average Bonchev–Trinajstić information content (AvgIpc) is 3.24. The summed E-state index contributed by atoms with van der Waals surface area (Å²) in [7, 11) is 0. The van der Waals surface area contributed by atoms with Crippen molar-refractivity contribution in [2.45, 2.75) is 46.1 Å². The summed E-state index contributed by atoms with van der Waals surface area (Å²) in [5.74, 6) is -0.303. The lowest BCUT2D eigenvalue weighted by Crippen LogP contribution is -2.29. The SMILES string of the molecule is Cc1nc(N2C(=O)c3oc4ccc(Cl)cc4c(=O)c3[C@H]2c2ccc(C(C)(C)C)cc2)sc1C. The first-order valence-corrected chi connectivity index (χ1v) is 11.9. The topological polar surface area (TPSA) is 63.4 Å². The molecule has 1 aliphatic rings. The molecular formula is C26H23ClN2O3S. The van der Waals surface area contributed by atoms with Crippen LogP contribution < -0.4 is 10.3 Å². The van der Waals surface area contributed by atoms with E-state index in [-0.39, 0.29) is 22.5 Å². The first kappa shape index (κ1) is 21.9. The number of halogens is 1. The molecule has 168 valence electrons. The molecule has 1 aliphatic heterocycles. The number of thiazole rings is 1. The number of aryl methyl sites for hydroxylation is 2. The second-order valence-electron chi connectivity index (χ2n) is 9.40. The minimum Gasteiger partial charge on any atom is -0.450 e. The van der Waals surface area contributed by atoms with Crippen LogP contribution in [0.1, 0.15) is 64.6 Å². The molecule has 5 nitrogen and oxygen atoms in total. The molecule has 0 bridgehead atoms. The molecule has 1 amide bonds. The molecule has 0 N–H and O–H groups in total. The molecule has 4 aromatic rings. The number of aromatic nitrogens is 1. The predicted octanol–water partition coefficient (Wildman–Crippen LogP) is 6.57. The zero-order chi connectivity index (χ0) is 23.7. The fraction of sp³-hybridized carbons (Fsp3) is 0.269. The molecule has 0 aliphatic carbocycles. The van der Waals surface area contributed by atoms with Gasteiger partial charge in [-0.15, -0.1) is 11.3 Å². The van der Waals surface area contributed by atoms with Gasteiger partial charge in [0.1, 0.15) is 5.58 Å². The van der Waals surface area contributed by atoms with Crippen LogP contribution in [0.4, 0.5) is 5.13 Å². The number of hydrogen-bond acceptors (Lipinski definition) is 5. The van der Waals surface area contributed by atoms with E-state index >= 15 is 0 Å². The lowest BCUT2D eigenvalue weighted by molar-refractivity contribution is 0.0971. The highest BCUT2D eigenvalue weighted by atomic mass is 35.5. The van der Waals surface area contributed by atoms with E-state index in [9.17, 15) is 9.59 Å². The van der Waals surface area contributed by atoms with Crippen molar-refractivity contribution in [3.05, 3.63) is 90.7 Å². The minimum atomic E-state index is -0.633. The summed E-state index contributed by atoms with van der Waals surface area (Å²) in [5, 5.41) is 1.35. The maximum atomic E-state index is 13.7. The van der Waals surface area contributed by atoms with Gasteiger partial charge in [0.2, 0.25) is 5.76 Å². The number of benzene rings is 2. The number of carbonyl (C=O) groups is 1. The highest BCUT2D eigenvalue weighted by Gasteiger charge is 2.45. The number of nitrogens with zero attached hydrogens (tertiary/aromatic N) is 2. The molecule has 2 aromatic heterocycles. The van der Waals surface area contributed by atoms with Crippen molar-refractivity contribution < 1.29 is 9.21 Å². The van der Waals surface area contributed by atoms with E-state index < -0.39 is 6.04 Å². The fourth-order valence-electron chi connectivity index (χ4n) is 4.18. The number of rotatable bonds is 2. The number of anilines is 1. The fourth-order valence-corrected chi connectivity index (χ4v) is 5.29. The Balaban J connectivity index is 1.78. The Morgan fingerprint density at radius 3 is 2.36 bits per heavy atom. The number of amides is 1. The van der Waals surface area contributed by atoms with Gasteiger partial charge >= 0.3 is 0 Å². The van der Waals surface area contributed by atoms with Crippen molar-refractivity contribution in [2.75, 3.05) is 4.90 Å². The van der Waals surface area contributed by atoms with E-state index in [0.29, 0.717) is 26.7 Å². The van der Waals surface area contributed by atoms with Crippen molar-refractivity contribution in [3.63, 3.8) is 0 Å². The summed E-state index contributed by atoms with van der Waals surface area (Å²) in [6.07, 6.45) is 0. The molecule has 5 rings (SSSR count). The van der Waals surface area contributed by atoms with Crippen molar-refractivity contribution in [2.24, 2.45) is 0 Å². The van der Waals surface area contributed by atoms with Gasteiger partial charge < -0.3 is 4.42 Å². The van der Waals surface area contributed by atoms with Crippen molar-refractivity contribution in [1.29, 1.82) is 0 Å². The van der Waals surface area contributed by atoms with Gasteiger partial charge in [-0.2, -0.15) is 0 Å². The summed E-state index contributed by atoms with van der Waals surface area (Å²) in [4.78, 5) is 34.5. The first-order chi connectivity index (χ1) is 15.6. The Hall–Kier alpha value is -2.96. The molecule has 0 radical (unpaired) electrons. The average molecular weight is 479 g/mol. The zero-order valence-corrected chi connectivity index (χ0v) is 20.6. The van der Waals surface area contributed by atoms with E-state index in [4.69, 9.17) is 16.0 Å². The van der Waals surface area contributed by atoms with Crippen LogP contribution >= 0.6 is 22.9 Å². The van der Waals surface area contributed by atoms with E-state index in [1.807, 2.05) is 38.1 Å². The van der Waals surface area contributed by atoms with Crippen LogP contribution in [0.5, 0.6) is 0 Å². The lowest BCUT2D eigenvalue weighted by atomic mass is 9.86. The Morgan fingerprint density at radius 2 is 1.76 bits per heavy atom. The number of fused-ring (bicyclic) bond motifs is 2. The largest absolute Gasteiger partial charge is 0.450 e. The first-order valence-electron chi connectivity index (χ1n) is 10.7. The Labute approximate surface area is 200 Å². The molecule has 0 spiro atoms. The molecule has 33 heavy (non-hydrogen) atoms. The molecule has 1 atom stereocenters. The second-order valence-corrected chi connectivity index (χ2v) is 11.0. The Kier molecular flexibility index (Phi) is 4.99. The molecule has 3 heterocycles. The van der Waals surface area contributed by atoms with Crippen LogP contribution in [-0.2, 0) is 5.41 Å². The summed E-state index contributed by atoms with van der Waals surface area (Å²) >= 11 is 7.60. The summed E-state index contributed by atoms with van der Waals surface area (Å²) in [6, 6.07) is 12.3. The summed E-state index contributed by atoms with van der Waals surface area (Å²) < 4.78 is 6.00. The van der Waals surface area contributed by atoms with Crippen molar-refractivity contribution in [1.82, 2.24) is 4.98 Å². The third kappa shape index (κ3) is 3.49. The van der Waals surface area contributed by atoms with Crippen molar-refractivity contribution >= 4 is 44.9 Å². The lowest BCUT2D eigenvalue weighted by Gasteiger charge is -2.24. The maximum absolute atomic E-state index is 13.7. The quantitative estimate of drug-likeness (QED) is 0.327. The van der Waals surface area contributed by atoms with Crippen molar-refractivity contribution in [3.8, 4) is 0 Å². The van der Waals surface area contributed by atoms with Gasteiger partial charge in [-0.05, 0) is 48.6 Å². The Morgan fingerprint density at radius 1 is 1.06 bits per heavy atom. The van der Waals surface area contributed by atoms with Gasteiger partial charge in [-0.1, -0.05) is 56.6 Å². The van der Waals surface area contributed by atoms with Gasteiger partial charge in [-0.3, -0.25) is 14.5 Å². The molecule has 0 unspecified atom stereocenters. The van der Waals surface area contributed by atoms with E-state index in [1.54, 1.807) is 23.1 Å². The molecule has 2 aromatic carbocycles. The summed E-state index contributed by atoms with van der Waals surface area (Å²) in [5.41, 5.74) is 3.25. The maximum Gasteiger partial charge on any atom is 0.297 e. The van der Waals surface area contributed by atoms with Crippen LogP contribution in [-0.4, -0.2) is 10.9 Å². The van der Waals surface area contributed by atoms with Gasteiger partial charge in [-0.25, -0.2) is 4.98 Å². The molecule has 0 fully saturated rings. The normalized spacial score (nSPS) is 16.0. The van der Waals surface area contributed by atoms with Crippen LogP contribution in [0.2, 0.25) is 5.02 Å². The highest BCUT2D eigenvalue weighted by molar-refractivity contribution is 7.15. The second kappa shape index (κ2) is 7.54. The van der Waals surface area contributed by atoms with Gasteiger partial charge in [0.25, 0.3) is 5.91 Å². The minimum absolute atomic E-state index is 0.0167. The standard InChI is InChI=1S/C26H23ClN2O3S/c1-13-14(2)33-25(28-13)29-21(15-6-8-16(9-7-15)26(3,4)5)20-22(30)18-12-17(27)10-11-19(18)32-23(20)24(29)31/h6-12,21H,1-5H3/t21-/m1/s1. The van der Waals surface area contributed by atoms with Crippen LogP contribution in [0.3, 0.4) is 0 Å². The molecule has 0 saturated heterocycles. The van der Waals surface area contributed by atoms with Gasteiger partial charge in [0.15, 0.2) is 10.6 Å². The van der Waals surface area contributed by atoms with Crippen LogP contribution in [0, 0.1) is 13.8 Å². The van der Waals surface area contributed by atoms with Gasteiger partial charge in [0, 0.05) is 9.90 Å². The molecule has 0 saturated carbocycles.